The van der Waals surface area contributed by atoms with E-state index < -0.39 is 5.97 Å². The molecule has 0 aliphatic carbocycles. The first-order valence-electron chi connectivity index (χ1n) is 6.76. The summed E-state index contributed by atoms with van der Waals surface area (Å²) in [6.45, 7) is 4.12. The average Bonchev–Trinajstić information content (AvgIpc) is 2.96. The standard InChI is InChI=1S/C16H19NO4/c1-16(2,20-3)9-8-11-4-6-12(7-5-11)13-10-14(15(18)19)21-17-13/h4-7,10H,8-9H2,1-3H3,(H,18,19). The van der Waals surface area contributed by atoms with Gasteiger partial charge in [0, 0.05) is 18.7 Å². The molecule has 0 spiro atoms. The van der Waals surface area contributed by atoms with Crippen LogP contribution in [-0.4, -0.2) is 28.9 Å². The Balaban J connectivity index is 2.06. The van der Waals surface area contributed by atoms with Gasteiger partial charge in [0.2, 0.25) is 5.76 Å². The molecule has 2 rings (SSSR count). The first-order valence-corrected chi connectivity index (χ1v) is 6.76. The highest BCUT2D eigenvalue weighted by Gasteiger charge is 2.16. The molecule has 21 heavy (non-hydrogen) atoms. The first-order chi connectivity index (χ1) is 9.91. The molecule has 0 saturated carbocycles. The smallest absolute Gasteiger partial charge is 0.374 e. The highest BCUT2D eigenvalue weighted by Crippen LogP contribution is 2.22. The van der Waals surface area contributed by atoms with Gasteiger partial charge in [-0.1, -0.05) is 29.4 Å². The number of carbonyl (C=O) groups is 1. The molecule has 1 N–H and O–H groups in total. The second-order valence-corrected chi connectivity index (χ2v) is 5.54. The van der Waals surface area contributed by atoms with Gasteiger partial charge in [0.05, 0.1) is 5.60 Å². The number of carboxylic acids is 1. The van der Waals surface area contributed by atoms with E-state index in [0.717, 1.165) is 18.4 Å². The van der Waals surface area contributed by atoms with Crippen LogP contribution in [0.15, 0.2) is 34.9 Å². The summed E-state index contributed by atoms with van der Waals surface area (Å²) in [6, 6.07) is 9.27. The molecule has 0 unspecified atom stereocenters. The van der Waals surface area contributed by atoms with Crippen LogP contribution in [0.2, 0.25) is 0 Å². The first kappa shape index (κ1) is 15.3. The highest BCUT2D eigenvalue weighted by molar-refractivity contribution is 5.85. The number of aromatic nitrogens is 1. The molecule has 0 amide bonds. The van der Waals surface area contributed by atoms with Gasteiger partial charge in [-0.05, 0) is 32.3 Å². The van der Waals surface area contributed by atoms with Crippen molar-refractivity contribution in [1.29, 1.82) is 0 Å². The third-order valence-electron chi connectivity index (χ3n) is 3.54. The van der Waals surface area contributed by atoms with Crippen LogP contribution in [0.5, 0.6) is 0 Å². The lowest BCUT2D eigenvalue weighted by atomic mass is 9.97. The van der Waals surface area contributed by atoms with Crippen molar-refractivity contribution in [2.24, 2.45) is 0 Å². The van der Waals surface area contributed by atoms with Crippen molar-refractivity contribution in [3.05, 3.63) is 41.7 Å². The predicted octanol–water partition coefficient (Wildman–Crippen LogP) is 3.40. The van der Waals surface area contributed by atoms with Crippen LogP contribution in [0.25, 0.3) is 11.3 Å². The molecule has 0 bridgehead atoms. The van der Waals surface area contributed by atoms with E-state index >= 15 is 0 Å². The zero-order chi connectivity index (χ0) is 15.5. The van der Waals surface area contributed by atoms with Crippen molar-refractivity contribution >= 4 is 5.97 Å². The minimum Gasteiger partial charge on any atom is -0.475 e. The normalized spacial score (nSPS) is 11.6. The molecule has 5 nitrogen and oxygen atoms in total. The van der Waals surface area contributed by atoms with Gasteiger partial charge in [-0.2, -0.15) is 0 Å². The van der Waals surface area contributed by atoms with Gasteiger partial charge in [0.15, 0.2) is 0 Å². The third kappa shape index (κ3) is 3.92. The van der Waals surface area contributed by atoms with Crippen molar-refractivity contribution in [3.63, 3.8) is 0 Å². The van der Waals surface area contributed by atoms with Gasteiger partial charge in [-0.25, -0.2) is 4.79 Å². The van der Waals surface area contributed by atoms with Crippen LogP contribution in [0.3, 0.4) is 0 Å². The number of methoxy groups -OCH3 is 1. The quantitative estimate of drug-likeness (QED) is 0.882. The lowest BCUT2D eigenvalue weighted by molar-refractivity contribution is 0.0158. The maximum atomic E-state index is 10.8. The molecule has 0 radical (unpaired) electrons. The van der Waals surface area contributed by atoms with Gasteiger partial charge < -0.3 is 14.4 Å². The zero-order valence-corrected chi connectivity index (χ0v) is 12.4. The van der Waals surface area contributed by atoms with E-state index in [-0.39, 0.29) is 11.4 Å². The Kier molecular flexibility index (Phi) is 4.43. The molecular formula is C16H19NO4. The van der Waals surface area contributed by atoms with Crippen molar-refractivity contribution in [3.8, 4) is 11.3 Å². The van der Waals surface area contributed by atoms with Gasteiger partial charge in [0.1, 0.15) is 5.69 Å². The Morgan fingerprint density at radius 3 is 2.52 bits per heavy atom. The molecule has 0 fully saturated rings. The number of aromatic carboxylic acids is 1. The van der Waals surface area contributed by atoms with Crippen molar-refractivity contribution in [2.75, 3.05) is 7.11 Å². The number of rotatable bonds is 6. The van der Waals surface area contributed by atoms with E-state index in [9.17, 15) is 4.79 Å². The number of aryl methyl sites for hydroxylation is 1. The van der Waals surface area contributed by atoms with E-state index in [1.807, 2.05) is 24.3 Å². The second kappa shape index (κ2) is 6.10. The molecule has 0 atom stereocenters. The third-order valence-corrected chi connectivity index (χ3v) is 3.54. The minimum absolute atomic E-state index is 0.138. The Hall–Kier alpha value is -2.14. The molecule has 5 heteroatoms. The largest absolute Gasteiger partial charge is 0.475 e. The summed E-state index contributed by atoms with van der Waals surface area (Å²) in [5.41, 5.74) is 2.42. The molecular weight excluding hydrogens is 270 g/mol. The van der Waals surface area contributed by atoms with Gasteiger partial charge in [-0.3, -0.25) is 0 Å². The number of hydrogen-bond acceptors (Lipinski definition) is 4. The molecule has 0 aliphatic rings. The Morgan fingerprint density at radius 2 is 2.00 bits per heavy atom. The zero-order valence-electron chi connectivity index (χ0n) is 12.4. The van der Waals surface area contributed by atoms with Gasteiger partial charge in [-0.15, -0.1) is 0 Å². The lowest BCUT2D eigenvalue weighted by Gasteiger charge is -2.22. The summed E-state index contributed by atoms with van der Waals surface area (Å²) in [6.07, 6.45) is 1.84. The molecule has 0 aliphatic heterocycles. The summed E-state index contributed by atoms with van der Waals surface area (Å²) < 4.78 is 10.2. The summed E-state index contributed by atoms with van der Waals surface area (Å²) in [5.74, 6) is -1.27. The number of carboxylic acid groups (broad SMARTS) is 1. The second-order valence-electron chi connectivity index (χ2n) is 5.54. The van der Waals surface area contributed by atoms with Gasteiger partial charge in [0.25, 0.3) is 0 Å². The van der Waals surface area contributed by atoms with Crippen molar-refractivity contribution in [1.82, 2.24) is 5.16 Å². The van der Waals surface area contributed by atoms with Crippen LogP contribution in [0.1, 0.15) is 36.4 Å². The Bertz CT molecular complexity index is 613. The van der Waals surface area contributed by atoms with Crippen molar-refractivity contribution < 1.29 is 19.2 Å². The van der Waals surface area contributed by atoms with E-state index in [1.54, 1.807) is 7.11 Å². The van der Waals surface area contributed by atoms with E-state index in [2.05, 4.69) is 19.0 Å². The molecule has 1 aromatic heterocycles. The predicted molar refractivity (Wildman–Crippen MR) is 78.3 cm³/mol. The van der Waals surface area contributed by atoms with Crippen LogP contribution < -0.4 is 0 Å². The Labute approximate surface area is 123 Å². The van der Waals surface area contributed by atoms with E-state index in [1.165, 1.54) is 11.6 Å². The molecule has 1 aromatic carbocycles. The Morgan fingerprint density at radius 1 is 1.33 bits per heavy atom. The summed E-state index contributed by atoms with van der Waals surface area (Å²) in [4.78, 5) is 10.8. The maximum Gasteiger partial charge on any atom is 0.374 e. The van der Waals surface area contributed by atoms with E-state index in [0.29, 0.717) is 5.69 Å². The van der Waals surface area contributed by atoms with Crippen molar-refractivity contribution in [2.45, 2.75) is 32.3 Å². The molecule has 1 heterocycles. The van der Waals surface area contributed by atoms with Crippen LogP contribution in [0, 0.1) is 0 Å². The molecule has 112 valence electrons. The minimum atomic E-state index is -1.12. The van der Waals surface area contributed by atoms with Gasteiger partial charge >= 0.3 is 5.97 Å². The number of ether oxygens (including phenoxy) is 1. The van der Waals surface area contributed by atoms with Crippen LogP contribution in [-0.2, 0) is 11.2 Å². The summed E-state index contributed by atoms with van der Waals surface area (Å²) >= 11 is 0. The average molecular weight is 289 g/mol. The lowest BCUT2D eigenvalue weighted by Crippen LogP contribution is -2.22. The number of benzene rings is 1. The fourth-order valence-electron chi connectivity index (χ4n) is 1.90. The fourth-order valence-corrected chi connectivity index (χ4v) is 1.90. The molecule has 2 aromatic rings. The topological polar surface area (TPSA) is 72.6 Å². The highest BCUT2D eigenvalue weighted by atomic mass is 16.5. The SMILES string of the molecule is COC(C)(C)CCc1ccc(-c2cc(C(=O)O)on2)cc1. The molecule has 0 saturated heterocycles. The fraction of sp³-hybridized carbons (Fsp3) is 0.375. The number of hydrogen-bond donors (Lipinski definition) is 1. The summed E-state index contributed by atoms with van der Waals surface area (Å²) in [5, 5.41) is 12.6. The monoisotopic (exact) mass is 289 g/mol. The summed E-state index contributed by atoms with van der Waals surface area (Å²) in [7, 11) is 1.72. The maximum absolute atomic E-state index is 10.8. The van der Waals surface area contributed by atoms with Crippen LogP contribution >= 0.6 is 0 Å². The van der Waals surface area contributed by atoms with Crippen LogP contribution in [0.4, 0.5) is 0 Å². The number of nitrogens with zero attached hydrogens (tertiary/aromatic N) is 1. The van der Waals surface area contributed by atoms with E-state index in [4.69, 9.17) is 14.4 Å².